The van der Waals surface area contributed by atoms with Crippen LogP contribution in [0.1, 0.15) is 25.0 Å². The SMILES string of the molecule is COc1cc(/C=C/C(=O)NCc2ccc(N(C)C)cc2)ccc1OCC(C)C. The molecular weight excluding hydrogens is 352 g/mol. The van der Waals surface area contributed by atoms with E-state index in [0.29, 0.717) is 30.6 Å². The summed E-state index contributed by atoms with van der Waals surface area (Å²) in [6.45, 7) is 5.31. The second-order valence-corrected chi connectivity index (χ2v) is 7.23. The molecule has 2 aromatic carbocycles. The van der Waals surface area contributed by atoms with Gasteiger partial charge in [-0.25, -0.2) is 0 Å². The third-order valence-corrected chi connectivity index (χ3v) is 4.11. The Balaban J connectivity index is 1.92. The van der Waals surface area contributed by atoms with Crippen molar-refractivity contribution in [2.24, 2.45) is 5.92 Å². The largest absolute Gasteiger partial charge is 0.493 e. The van der Waals surface area contributed by atoms with Crippen molar-refractivity contribution in [3.05, 3.63) is 59.7 Å². The van der Waals surface area contributed by atoms with Crippen LogP contribution in [-0.2, 0) is 11.3 Å². The number of benzene rings is 2. The zero-order valence-corrected chi connectivity index (χ0v) is 17.4. The van der Waals surface area contributed by atoms with E-state index < -0.39 is 0 Å². The van der Waals surface area contributed by atoms with Gasteiger partial charge in [0.05, 0.1) is 13.7 Å². The first kappa shape index (κ1) is 21.4. The number of nitrogens with one attached hydrogen (secondary N) is 1. The van der Waals surface area contributed by atoms with E-state index in [1.807, 2.05) is 61.5 Å². The molecule has 28 heavy (non-hydrogen) atoms. The lowest BCUT2D eigenvalue weighted by atomic mass is 10.1. The molecule has 2 rings (SSSR count). The van der Waals surface area contributed by atoms with Crippen molar-refractivity contribution in [2.75, 3.05) is 32.7 Å². The Hall–Kier alpha value is -2.95. The van der Waals surface area contributed by atoms with E-state index in [1.54, 1.807) is 13.2 Å². The van der Waals surface area contributed by atoms with Gasteiger partial charge in [-0.05, 0) is 47.4 Å². The van der Waals surface area contributed by atoms with Crippen molar-refractivity contribution in [3.8, 4) is 11.5 Å². The lowest BCUT2D eigenvalue weighted by Gasteiger charge is -2.13. The summed E-state index contributed by atoms with van der Waals surface area (Å²) in [6, 6.07) is 13.7. The highest BCUT2D eigenvalue weighted by Crippen LogP contribution is 2.29. The number of anilines is 1. The highest BCUT2D eigenvalue weighted by atomic mass is 16.5. The van der Waals surface area contributed by atoms with Crippen LogP contribution in [0.15, 0.2) is 48.5 Å². The molecule has 0 spiro atoms. The molecule has 1 N–H and O–H groups in total. The van der Waals surface area contributed by atoms with Gasteiger partial charge in [0.25, 0.3) is 0 Å². The third-order valence-electron chi connectivity index (χ3n) is 4.11. The van der Waals surface area contributed by atoms with Gasteiger partial charge in [0.15, 0.2) is 11.5 Å². The van der Waals surface area contributed by atoms with Crippen LogP contribution in [0, 0.1) is 5.92 Å². The van der Waals surface area contributed by atoms with Gasteiger partial charge in [0.2, 0.25) is 5.91 Å². The summed E-state index contributed by atoms with van der Waals surface area (Å²) in [7, 11) is 5.61. The summed E-state index contributed by atoms with van der Waals surface area (Å²) in [5.41, 5.74) is 3.06. The van der Waals surface area contributed by atoms with E-state index in [0.717, 1.165) is 16.8 Å². The lowest BCUT2D eigenvalue weighted by Crippen LogP contribution is -2.20. The van der Waals surface area contributed by atoms with Gasteiger partial charge in [0, 0.05) is 32.4 Å². The minimum absolute atomic E-state index is 0.143. The maximum Gasteiger partial charge on any atom is 0.244 e. The van der Waals surface area contributed by atoms with E-state index >= 15 is 0 Å². The zero-order valence-electron chi connectivity index (χ0n) is 17.4. The molecule has 0 aromatic heterocycles. The van der Waals surface area contributed by atoms with Gasteiger partial charge in [-0.1, -0.05) is 32.0 Å². The number of nitrogens with zero attached hydrogens (tertiary/aromatic N) is 1. The van der Waals surface area contributed by atoms with Crippen molar-refractivity contribution < 1.29 is 14.3 Å². The highest BCUT2D eigenvalue weighted by molar-refractivity contribution is 5.91. The Morgan fingerprint density at radius 2 is 1.82 bits per heavy atom. The number of hydrogen-bond acceptors (Lipinski definition) is 4. The van der Waals surface area contributed by atoms with E-state index in [1.165, 1.54) is 6.08 Å². The van der Waals surface area contributed by atoms with Crippen molar-refractivity contribution in [1.29, 1.82) is 0 Å². The van der Waals surface area contributed by atoms with Gasteiger partial charge in [-0.15, -0.1) is 0 Å². The van der Waals surface area contributed by atoms with Crippen molar-refractivity contribution in [1.82, 2.24) is 5.32 Å². The summed E-state index contributed by atoms with van der Waals surface area (Å²) in [4.78, 5) is 14.1. The fourth-order valence-corrected chi connectivity index (χ4v) is 2.50. The summed E-state index contributed by atoms with van der Waals surface area (Å²) in [5.74, 6) is 1.66. The Morgan fingerprint density at radius 1 is 1.11 bits per heavy atom. The molecule has 5 nitrogen and oxygen atoms in total. The standard InChI is InChI=1S/C23H30N2O3/c1-17(2)16-28-21-12-8-18(14-22(21)27-5)9-13-23(26)24-15-19-6-10-20(11-7-19)25(3)4/h6-14,17H,15-16H2,1-5H3,(H,24,26)/b13-9+. The molecule has 0 aliphatic carbocycles. The molecular formula is C23H30N2O3. The molecule has 0 fully saturated rings. The molecule has 0 radical (unpaired) electrons. The van der Waals surface area contributed by atoms with E-state index in [9.17, 15) is 4.79 Å². The Morgan fingerprint density at radius 3 is 2.43 bits per heavy atom. The average Bonchev–Trinajstić information content (AvgIpc) is 2.69. The molecule has 0 aliphatic heterocycles. The molecule has 0 atom stereocenters. The highest BCUT2D eigenvalue weighted by Gasteiger charge is 2.06. The normalized spacial score (nSPS) is 10.9. The van der Waals surface area contributed by atoms with Gasteiger partial charge < -0.3 is 19.7 Å². The molecule has 0 bridgehead atoms. The number of ether oxygens (including phenoxy) is 2. The van der Waals surface area contributed by atoms with Crippen LogP contribution in [0.25, 0.3) is 6.08 Å². The van der Waals surface area contributed by atoms with Crippen molar-refractivity contribution >= 4 is 17.7 Å². The number of hydrogen-bond donors (Lipinski definition) is 1. The van der Waals surface area contributed by atoms with Crippen molar-refractivity contribution in [2.45, 2.75) is 20.4 Å². The Labute approximate surface area is 168 Å². The first-order valence-corrected chi connectivity index (χ1v) is 9.42. The van der Waals surface area contributed by atoms with Gasteiger partial charge >= 0.3 is 0 Å². The van der Waals surface area contributed by atoms with Crippen LogP contribution in [-0.4, -0.2) is 33.7 Å². The maximum atomic E-state index is 12.1. The zero-order chi connectivity index (χ0) is 20.5. The molecule has 0 aliphatic rings. The number of carbonyl (C=O) groups is 1. The second-order valence-electron chi connectivity index (χ2n) is 7.23. The maximum absolute atomic E-state index is 12.1. The van der Waals surface area contributed by atoms with Gasteiger partial charge in [-0.3, -0.25) is 4.79 Å². The van der Waals surface area contributed by atoms with E-state index in [4.69, 9.17) is 9.47 Å². The molecule has 0 saturated heterocycles. The average molecular weight is 383 g/mol. The minimum Gasteiger partial charge on any atom is -0.493 e. The molecule has 0 heterocycles. The summed E-state index contributed by atoms with van der Waals surface area (Å²) in [6.07, 6.45) is 3.29. The number of amides is 1. The second kappa shape index (κ2) is 10.4. The smallest absolute Gasteiger partial charge is 0.244 e. The van der Waals surface area contributed by atoms with E-state index in [2.05, 4.69) is 19.2 Å². The van der Waals surface area contributed by atoms with Crippen LogP contribution in [0.3, 0.4) is 0 Å². The van der Waals surface area contributed by atoms with Crippen LogP contribution >= 0.6 is 0 Å². The summed E-state index contributed by atoms with van der Waals surface area (Å²) < 4.78 is 11.1. The lowest BCUT2D eigenvalue weighted by molar-refractivity contribution is -0.116. The quantitative estimate of drug-likeness (QED) is 0.663. The fraction of sp³-hybridized carbons (Fsp3) is 0.348. The number of carbonyl (C=O) groups excluding carboxylic acids is 1. The van der Waals surface area contributed by atoms with Gasteiger partial charge in [-0.2, -0.15) is 0 Å². The molecule has 150 valence electrons. The van der Waals surface area contributed by atoms with Crippen LogP contribution in [0.4, 0.5) is 5.69 Å². The molecule has 0 saturated carbocycles. The minimum atomic E-state index is -0.143. The first-order valence-electron chi connectivity index (χ1n) is 9.42. The Kier molecular flexibility index (Phi) is 7.93. The predicted molar refractivity (Wildman–Crippen MR) is 115 cm³/mol. The molecule has 1 amide bonds. The number of methoxy groups -OCH3 is 1. The topological polar surface area (TPSA) is 50.8 Å². The molecule has 5 heteroatoms. The van der Waals surface area contributed by atoms with Crippen molar-refractivity contribution in [3.63, 3.8) is 0 Å². The van der Waals surface area contributed by atoms with Crippen LogP contribution in [0.5, 0.6) is 11.5 Å². The van der Waals surface area contributed by atoms with E-state index in [-0.39, 0.29) is 5.91 Å². The van der Waals surface area contributed by atoms with Gasteiger partial charge in [0.1, 0.15) is 0 Å². The first-order chi connectivity index (χ1) is 13.4. The van der Waals surface area contributed by atoms with Crippen LogP contribution in [0.2, 0.25) is 0 Å². The predicted octanol–water partition coefficient (Wildman–Crippen LogP) is 4.13. The molecule has 0 unspecified atom stereocenters. The summed E-state index contributed by atoms with van der Waals surface area (Å²) >= 11 is 0. The monoisotopic (exact) mass is 382 g/mol. The third kappa shape index (κ3) is 6.65. The Bertz CT molecular complexity index is 796. The molecule has 2 aromatic rings. The summed E-state index contributed by atoms with van der Waals surface area (Å²) in [5, 5.41) is 2.90. The number of rotatable bonds is 9. The fourth-order valence-electron chi connectivity index (χ4n) is 2.50. The van der Waals surface area contributed by atoms with Crippen LogP contribution < -0.4 is 19.7 Å².